The van der Waals surface area contributed by atoms with E-state index in [9.17, 15) is 4.79 Å². The van der Waals surface area contributed by atoms with Crippen LogP contribution >= 0.6 is 0 Å². The number of nitrogens with one attached hydrogen (secondary N) is 1. The molecule has 1 aliphatic heterocycles. The summed E-state index contributed by atoms with van der Waals surface area (Å²) in [5.74, 6) is 1.19. The molecule has 0 bridgehead atoms. The number of rotatable bonds is 7. The third kappa shape index (κ3) is 4.40. The predicted molar refractivity (Wildman–Crippen MR) is 75.4 cm³/mol. The number of carbonyl (C=O) groups is 1. The molecule has 0 aromatic carbocycles. The zero-order valence-corrected chi connectivity index (χ0v) is 12.5. The molecular formula is C13H23N5O3. The van der Waals surface area contributed by atoms with Crippen LogP contribution in [-0.4, -0.2) is 46.8 Å². The third-order valence-corrected chi connectivity index (χ3v) is 3.64. The van der Waals surface area contributed by atoms with Gasteiger partial charge in [-0.25, -0.2) is 4.79 Å². The number of amides is 2. The normalized spacial score (nSPS) is 21.9. The van der Waals surface area contributed by atoms with Crippen LogP contribution in [0.1, 0.15) is 44.5 Å². The first-order chi connectivity index (χ1) is 10.1. The molecule has 8 heteroatoms. The molecular weight excluding hydrogens is 274 g/mol. The van der Waals surface area contributed by atoms with Gasteiger partial charge in [-0.05, 0) is 25.9 Å². The van der Waals surface area contributed by atoms with E-state index in [0.717, 1.165) is 25.9 Å². The predicted octanol–water partition coefficient (Wildman–Crippen LogP) is 0.800. The van der Waals surface area contributed by atoms with Crippen molar-refractivity contribution in [2.75, 3.05) is 19.6 Å². The van der Waals surface area contributed by atoms with Crippen LogP contribution in [0.15, 0.2) is 4.52 Å². The molecule has 3 N–H and O–H groups in total. The molecule has 1 saturated heterocycles. The van der Waals surface area contributed by atoms with Gasteiger partial charge in [0.15, 0.2) is 0 Å². The molecule has 118 valence electrons. The van der Waals surface area contributed by atoms with Gasteiger partial charge in [-0.3, -0.25) is 4.90 Å². The van der Waals surface area contributed by atoms with Crippen LogP contribution in [-0.2, 0) is 11.3 Å². The molecule has 8 nitrogen and oxygen atoms in total. The van der Waals surface area contributed by atoms with Crippen molar-refractivity contribution < 1.29 is 14.1 Å². The fourth-order valence-electron chi connectivity index (χ4n) is 2.36. The number of ether oxygens (including phenoxy) is 1. The number of nitrogens with zero attached hydrogens (tertiary/aromatic N) is 3. The van der Waals surface area contributed by atoms with E-state index in [-0.39, 0.29) is 12.2 Å². The molecule has 1 aromatic heterocycles. The summed E-state index contributed by atoms with van der Waals surface area (Å²) in [7, 11) is 0. The Kier molecular flexibility index (Phi) is 5.51. The Hall–Kier alpha value is -1.67. The minimum Gasteiger partial charge on any atom is -0.365 e. The Bertz CT molecular complexity index is 460. The van der Waals surface area contributed by atoms with Gasteiger partial charge in [0, 0.05) is 6.54 Å². The van der Waals surface area contributed by atoms with Gasteiger partial charge in [-0.15, -0.1) is 0 Å². The lowest BCUT2D eigenvalue weighted by Gasteiger charge is -2.14. The average molecular weight is 297 g/mol. The van der Waals surface area contributed by atoms with E-state index in [1.165, 1.54) is 0 Å². The highest BCUT2D eigenvalue weighted by Gasteiger charge is 2.30. The maximum atomic E-state index is 10.7. The van der Waals surface area contributed by atoms with Crippen molar-refractivity contribution >= 4 is 6.03 Å². The van der Waals surface area contributed by atoms with Gasteiger partial charge in [0.25, 0.3) is 0 Å². The lowest BCUT2D eigenvalue weighted by Crippen LogP contribution is -2.35. The van der Waals surface area contributed by atoms with Gasteiger partial charge in [0.2, 0.25) is 11.7 Å². The van der Waals surface area contributed by atoms with Crippen molar-refractivity contribution in [2.24, 2.45) is 5.73 Å². The molecule has 1 aliphatic rings. The van der Waals surface area contributed by atoms with Crippen molar-refractivity contribution in [3.63, 3.8) is 0 Å². The minimum absolute atomic E-state index is 0.0489. The van der Waals surface area contributed by atoms with Gasteiger partial charge in [-0.1, -0.05) is 19.0 Å². The SMILES string of the molecule is CCN(CC)Cc1nc(C2CCC(CNC(N)=O)O2)no1. The number of hydrogen-bond acceptors (Lipinski definition) is 6. The maximum Gasteiger partial charge on any atom is 0.312 e. The molecule has 2 rings (SSSR count). The van der Waals surface area contributed by atoms with Crippen molar-refractivity contribution in [1.82, 2.24) is 20.4 Å². The van der Waals surface area contributed by atoms with Gasteiger partial charge in [-0.2, -0.15) is 4.98 Å². The second-order valence-electron chi connectivity index (χ2n) is 5.08. The summed E-state index contributed by atoms with van der Waals surface area (Å²) in [5, 5.41) is 6.55. The minimum atomic E-state index is -0.539. The third-order valence-electron chi connectivity index (χ3n) is 3.64. The van der Waals surface area contributed by atoms with Gasteiger partial charge < -0.3 is 20.3 Å². The van der Waals surface area contributed by atoms with Crippen LogP contribution < -0.4 is 11.1 Å². The van der Waals surface area contributed by atoms with Crippen LogP contribution in [0.25, 0.3) is 0 Å². The van der Waals surface area contributed by atoms with Crippen LogP contribution in [0, 0.1) is 0 Å². The Morgan fingerprint density at radius 3 is 2.86 bits per heavy atom. The first-order valence-corrected chi connectivity index (χ1v) is 7.36. The fraction of sp³-hybridized carbons (Fsp3) is 0.769. The summed E-state index contributed by atoms with van der Waals surface area (Å²) in [4.78, 5) is 17.3. The topological polar surface area (TPSA) is 107 Å². The van der Waals surface area contributed by atoms with Crippen molar-refractivity contribution in [2.45, 2.75) is 45.4 Å². The second kappa shape index (κ2) is 7.37. The van der Waals surface area contributed by atoms with Crippen LogP contribution in [0.2, 0.25) is 0 Å². The summed E-state index contributed by atoms with van der Waals surface area (Å²) >= 11 is 0. The van der Waals surface area contributed by atoms with E-state index in [1.54, 1.807) is 0 Å². The number of urea groups is 1. The Balaban J connectivity index is 1.86. The molecule has 2 amide bonds. The van der Waals surface area contributed by atoms with Gasteiger partial charge in [0.05, 0.1) is 12.6 Å². The molecule has 0 radical (unpaired) electrons. The fourth-order valence-corrected chi connectivity index (χ4v) is 2.36. The summed E-state index contributed by atoms with van der Waals surface area (Å²) in [6.07, 6.45) is 1.44. The van der Waals surface area contributed by atoms with Crippen LogP contribution in [0.3, 0.4) is 0 Å². The van der Waals surface area contributed by atoms with Crippen molar-refractivity contribution in [3.8, 4) is 0 Å². The number of hydrogen-bond donors (Lipinski definition) is 2. The average Bonchev–Trinajstić information content (AvgIpc) is 3.11. The van der Waals surface area contributed by atoms with Crippen LogP contribution in [0.4, 0.5) is 4.79 Å². The van der Waals surface area contributed by atoms with E-state index in [0.29, 0.717) is 24.8 Å². The summed E-state index contributed by atoms with van der Waals surface area (Å²) in [5.41, 5.74) is 5.04. The standard InChI is InChI=1S/C13H23N5O3/c1-3-18(4-2)8-11-16-12(17-21-11)10-6-5-9(20-10)7-15-13(14)19/h9-10H,3-8H2,1-2H3,(H3,14,15,19). The first-order valence-electron chi connectivity index (χ1n) is 7.36. The summed E-state index contributed by atoms with van der Waals surface area (Å²) in [6.45, 7) is 7.13. The number of carbonyl (C=O) groups excluding carboxylic acids is 1. The highest BCUT2D eigenvalue weighted by Crippen LogP contribution is 2.30. The quantitative estimate of drug-likeness (QED) is 0.771. The number of primary amides is 1. The van der Waals surface area contributed by atoms with Gasteiger partial charge in [0.1, 0.15) is 6.10 Å². The maximum absolute atomic E-state index is 10.7. The zero-order valence-electron chi connectivity index (χ0n) is 12.5. The largest absolute Gasteiger partial charge is 0.365 e. The summed E-state index contributed by atoms with van der Waals surface area (Å²) < 4.78 is 11.1. The van der Waals surface area contributed by atoms with Crippen LogP contribution in [0.5, 0.6) is 0 Å². The van der Waals surface area contributed by atoms with E-state index in [4.69, 9.17) is 15.0 Å². The highest BCUT2D eigenvalue weighted by molar-refractivity contribution is 5.71. The monoisotopic (exact) mass is 297 g/mol. The lowest BCUT2D eigenvalue weighted by molar-refractivity contribution is 0.0402. The zero-order chi connectivity index (χ0) is 15.2. The van der Waals surface area contributed by atoms with E-state index >= 15 is 0 Å². The first kappa shape index (κ1) is 15.7. The Labute approximate surface area is 124 Å². The molecule has 2 heterocycles. The lowest BCUT2D eigenvalue weighted by atomic mass is 10.2. The summed E-state index contributed by atoms with van der Waals surface area (Å²) in [6, 6.07) is -0.539. The van der Waals surface area contributed by atoms with E-state index in [2.05, 4.69) is 34.2 Å². The van der Waals surface area contributed by atoms with E-state index in [1.807, 2.05) is 0 Å². The molecule has 1 fully saturated rings. The van der Waals surface area contributed by atoms with Crippen molar-refractivity contribution in [3.05, 3.63) is 11.7 Å². The molecule has 21 heavy (non-hydrogen) atoms. The second-order valence-corrected chi connectivity index (χ2v) is 5.08. The number of aromatic nitrogens is 2. The van der Waals surface area contributed by atoms with Crippen molar-refractivity contribution in [1.29, 1.82) is 0 Å². The Morgan fingerprint density at radius 2 is 2.19 bits per heavy atom. The van der Waals surface area contributed by atoms with E-state index < -0.39 is 6.03 Å². The van der Waals surface area contributed by atoms with Gasteiger partial charge >= 0.3 is 6.03 Å². The molecule has 2 unspecified atom stereocenters. The molecule has 0 saturated carbocycles. The molecule has 1 aromatic rings. The molecule has 0 aliphatic carbocycles. The number of nitrogens with two attached hydrogens (primary N) is 1. The highest BCUT2D eigenvalue weighted by atomic mass is 16.5. The molecule has 0 spiro atoms. The Morgan fingerprint density at radius 1 is 1.43 bits per heavy atom. The smallest absolute Gasteiger partial charge is 0.312 e. The molecule has 2 atom stereocenters.